The lowest BCUT2D eigenvalue weighted by Crippen LogP contribution is -1.96. The molecule has 1 aliphatic carbocycles. The van der Waals surface area contributed by atoms with Gasteiger partial charge in [-0.15, -0.1) is 0 Å². The van der Waals surface area contributed by atoms with E-state index in [1.54, 1.807) is 0 Å². The number of carbonyl (C=O) groups excluding carboxylic acids is 1. The second kappa shape index (κ2) is 6.38. The molecule has 1 atom stereocenters. The van der Waals surface area contributed by atoms with Gasteiger partial charge in [-0.2, -0.15) is 0 Å². The first-order chi connectivity index (χ1) is 10.6. The number of allylic oxidation sites excluding steroid dienone is 2. The summed E-state index contributed by atoms with van der Waals surface area (Å²) in [5.74, 6) is 0.190. The van der Waals surface area contributed by atoms with Gasteiger partial charge in [0.2, 0.25) is 0 Å². The van der Waals surface area contributed by atoms with E-state index in [0.717, 1.165) is 34.3 Å². The van der Waals surface area contributed by atoms with Crippen molar-refractivity contribution >= 4 is 28.0 Å². The summed E-state index contributed by atoms with van der Waals surface area (Å²) in [6.07, 6.45) is 1.27. The van der Waals surface area contributed by atoms with E-state index in [4.69, 9.17) is 0 Å². The molecule has 1 unspecified atom stereocenters. The van der Waals surface area contributed by atoms with E-state index in [9.17, 15) is 13.6 Å². The molecule has 0 saturated carbocycles. The van der Waals surface area contributed by atoms with Crippen molar-refractivity contribution in [1.29, 1.82) is 0 Å². The molecule has 22 heavy (non-hydrogen) atoms. The third-order valence-corrected chi connectivity index (χ3v) is 4.40. The van der Waals surface area contributed by atoms with Gasteiger partial charge in [-0.3, -0.25) is 9.00 Å². The fourth-order valence-corrected chi connectivity index (χ4v) is 3.29. The molecular weight excluding hydrogens is 296 g/mol. The van der Waals surface area contributed by atoms with Crippen LogP contribution in [0.25, 0.3) is 11.1 Å². The Morgan fingerprint density at radius 1 is 0.909 bits per heavy atom. The number of hydrogen-bond donors (Lipinski definition) is 0. The van der Waals surface area contributed by atoms with Gasteiger partial charge in [0.05, 0.1) is 0 Å². The summed E-state index contributed by atoms with van der Waals surface area (Å²) in [4.78, 5) is 12.2. The molecule has 0 fully saturated rings. The highest BCUT2D eigenvalue weighted by Gasteiger charge is 2.24. The number of carbonyl (C=O) groups is 1. The van der Waals surface area contributed by atoms with Crippen molar-refractivity contribution in [3.63, 3.8) is 0 Å². The molecule has 0 aliphatic heterocycles. The first-order valence-electron chi connectivity index (χ1n) is 7.12. The number of benzene rings is 2. The van der Waals surface area contributed by atoms with E-state index in [1.165, 1.54) is 0 Å². The zero-order valence-corrected chi connectivity index (χ0v) is 12.8. The number of rotatable bonds is 4. The molecular formula is C18H15O3S-. The van der Waals surface area contributed by atoms with Gasteiger partial charge in [0.1, 0.15) is 0 Å². The monoisotopic (exact) mass is 311 g/mol. The van der Waals surface area contributed by atoms with Gasteiger partial charge < -0.3 is 4.55 Å². The van der Waals surface area contributed by atoms with E-state index >= 15 is 0 Å². The molecule has 2 aromatic rings. The Bertz CT molecular complexity index is 746. The Labute approximate surface area is 132 Å². The smallest absolute Gasteiger partial charge is 0.164 e. The lowest BCUT2D eigenvalue weighted by molar-refractivity contribution is -0.113. The average molecular weight is 311 g/mol. The van der Waals surface area contributed by atoms with Crippen LogP contribution in [0, 0.1) is 0 Å². The average Bonchev–Trinajstić information content (AvgIpc) is 2.90. The topological polar surface area (TPSA) is 57.2 Å². The molecule has 3 rings (SSSR count). The number of ketones is 1. The summed E-state index contributed by atoms with van der Waals surface area (Å²) in [6, 6.07) is 17.1. The summed E-state index contributed by atoms with van der Waals surface area (Å²) in [7, 11) is 0. The molecule has 4 heteroatoms. The highest BCUT2D eigenvalue weighted by atomic mass is 32.2. The fourth-order valence-electron chi connectivity index (χ4n) is 2.82. The molecule has 0 spiro atoms. The quantitative estimate of drug-likeness (QED) is 0.814. The lowest BCUT2D eigenvalue weighted by atomic mass is 9.96. The van der Waals surface area contributed by atoms with Crippen LogP contribution in [0.4, 0.5) is 0 Å². The maximum Gasteiger partial charge on any atom is 0.164 e. The Morgan fingerprint density at radius 2 is 1.59 bits per heavy atom. The molecule has 0 amide bonds. The number of hydrogen-bond acceptors (Lipinski definition) is 3. The molecule has 1 aliphatic rings. The van der Waals surface area contributed by atoms with Crippen LogP contribution < -0.4 is 0 Å². The van der Waals surface area contributed by atoms with Crippen molar-refractivity contribution in [2.45, 2.75) is 18.6 Å². The minimum atomic E-state index is -2.08. The van der Waals surface area contributed by atoms with Gasteiger partial charge in [-0.05, 0) is 28.7 Å². The summed E-state index contributed by atoms with van der Waals surface area (Å²) in [6.45, 7) is 0. The minimum Gasteiger partial charge on any atom is -0.772 e. The van der Waals surface area contributed by atoms with Gasteiger partial charge in [-0.25, -0.2) is 0 Å². The molecule has 0 saturated heterocycles. The van der Waals surface area contributed by atoms with Crippen molar-refractivity contribution in [1.82, 2.24) is 0 Å². The highest BCUT2D eigenvalue weighted by molar-refractivity contribution is 7.78. The van der Waals surface area contributed by atoms with Crippen molar-refractivity contribution in [2.24, 2.45) is 0 Å². The van der Waals surface area contributed by atoms with Crippen molar-refractivity contribution in [3.8, 4) is 0 Å². The fraction of sp³-hybridized carbons (Fsp3) is 0.167. The lowest BCUT2D eigenvalue weighted by Gasteiger charge is -2.09. The first-order valence-corrected chi connectivity index (χ1v) is 8.36. The van der Waals surface area contributed by atoms with Crippen LogP contribution in [-0.4, -0.2) is 14.5 Å². The van der Waals surface area contributed by atoms with Crippen LogP contribution in [-0.2, 0) is 21.6 Å². The minimum absolute atomic E-state index is 0.0177. The molecule has 0 N–H and O–H groups in total. The summed E-state index contributed by atoms with van der Waals surface area (Å²) >= 11 is -2.08. The van der Waals surface area contributed by atoms with Crippen molar-refractivity contribution in [3.05, 3.63) is 71.3 Å². The summed E-state index contributed by atoms with van der Waals surface area (Å²) < 4.78 is 21.5. The van der Waals surface area contributed by atoms with Crippen LogP contribution in [0.2, 0.25) is 0 Å². The second-order valence-corrected chi connectivity index (χ2v) is 6.18. The Morgan fingerprint density at radius 3 is 2.23 bits per heavy atom. The molecule has 0 radical (unpaired) electrons. The van der Waals surface area contributed by atoms with Gasteiger partial charge in [0, 0.05) is 17.7 Å². The van der Waals surface area contributed by atoms with Crippen molar-refractivity contribution in [2.75, 3.05) is 0 Å². The maximum atomic E-state index is 12.2. The van der Waals surface area contributed by atoms with Crippen LogP contribution in [0.5, 0.6) is 0 Å². The molecule has 2 aromatic carbocycles. The summed E-state index contributed by atoms with van der Waals surface area (Å²) in [5.41, 5.74) is 4.53. The van der Waals surface area contributed by atoms with Crippen LogP contribution in [0.15, 0.2) is 54.6 Å². The zero-order chi connectivity index (χ0) is 15.5. The van der Waals surface area contributed by atoms with Gasteiger partial charge in [-0.1, -0.05) is 65.7 Å². The highest BCUT2D eigenvalue weighted by Crippen LogP contribution is 2.37. The Kier molecular flexibility index (Phi) is 4.32. The third-order valence-electron chi connectivity index (χ3n) is 3.83. The SMILES string of the molecule is O=C1CCC(c2ccc(CS(=O)[O-])cc2)=C1c1ccccc1. The largest absolute Gasteiger partial charge is 0.772 e. The standard InChI is InChI=1S/C18H16O3S/c19-17-11-10-16(18(17)15-4-2-1-3-5-15)14-8-6-13(7-9-14)12-22(20)21/h1-9H,10-12H2,(H,20,21)/p-1. The van der Waals surface area contributed by atoms with E-state index in [2.05, 4.69) is 0 Å². The number of Topliss-reactive ketones (excluding diaryl/α,β-unsaturated/α-hetero) is 1. The van der Waals surface area contributed by atoms with Crippen LogP contribution in [0.3, 0.4) is 0 Å². The van der Waals surface area contributed by atoms with E-state index in [0.29, 0.717) is 6.42 Å². The molecule has 0 bridgehead atoms. The van der Waals surface area contributed by atoms with Crippen LogP contribution >= 0.6 is 0 Å². The molecule has 3 nitrogen and oxygen atoms in total. The Hall–Kier alpha value is -2.04. The second-order valence-electron chi connectivity index (χ2n) is 5.29. The normalized spacial score (nSPS) is 16.1. The zero-order valence-electron chi connectivity index (χ0n) is 12.0. The van der Waals surface area contributed by atoms with Crippen LogP contribution in [0.1, 0.15) is 29.5 Å². The molecule has 0 aromatic heterocycles. The predicted molar refractivity (Wildman–Crippen MR) is 86.6 cm³/mol. The van der Waals surface area contributed by atoms with Gasteiger partial charge in [0.25, 0.3) is 0 Å². The van der Waals surface area contributed by atoms with E-state index in [-0.39, 0.29) is 11.5 Å². The van der Waals surface area contributed by atoms with Crippen molar-refractivity contribution < 1.29 is 13.6 Å². The molecule has 112 valence electrons. The maximum absolute atomic E-state index is 12.2. The summed E-state index contributed by atoms with van der Waals surface area (Å²) in [5, 5.41) is 0. The first kappa shape index (κ1) is 14.9. The van der Waals surface area contributed by atoms with Gasteiger partial charge in [0.15, 0.2) is 5.78 Å². The molecule has 0 heterocycles. The third kappa shape index (κ3) is 3.08. The van der Waals surface area contributed by atoms with E-state index in [1.807, 2.05) is 54.6 Å². The Balaban J connectivity index is 1.99. The predicted octanol–water partition coefficient (Wildman–Crippen LogP) is 3.34. The van der Waals surface area contributed by atoms with E-state index < -0.39 is 11.1 Å². The van der Waals surface area contributed by atoms with Gasteiger partial charge >= 0.3 is 0 Å².